The standard InChI is InChI=1S/C21H18F2N4O/c1-13(14-7-3-2-4-8-14)26-19-16-11-17(27-20(16)25-12-24-19)15-9-5-6-10-18(15)28-21(22)23/h2-13,21H,1H3,(H2,24,25,26,27)/t13-/m1/s1. The van der Waals surface area contributed by atoms with E-state index in [9.17, 15) is 8.78 Å². The summed E-state index contributed by atoms with van der Waals surface area (Å²) in [7, 11) is 0. The number of nitrogens with one attached hydrogen (secondary N) is 2. The zero-order valence-corrected chi connectivity index (χ0v) is 15.1. The molecule has 0 amide bonds. The number of aromatic nitrogens is 3. The molecule has 0 aliphatic heterocycles. The van der Waals surface area contributed by atoms with E-state index < -0.39 is 6.61 Å². The van der Waals surface area contributed by atoms with E-state index in [1.165, 1.54) is 12.4 Å². The molecule has 0 unspecified atom stereocenters. The lowest BCUT2D eigenvalue weighted by Gasteiger charge is -2.15. The van der Waals surface area contributed by atoms with Crippen molar-refractivity contribution in [1.29, 1.82) is 0 Å². The molecule has 0 aliphatic carbocycles. The molecule has 1 atom stereocenters. The van der Waals surface area contributed by atoms with Crippen LogP contribution in [0.5, 0.6) is 5.75 Å². The molecule has 2 heterocycles. The largest absolute Gasteiger partial charge is 0.434 e. The monoisotopic (exact) mass is 380 g/mol. The van der Waals surface area contributed by atoms with Crippen molar-refractivity contribution >= 4 is 16.9 Å². The number of hydrogen-bond donors (Lipinski definition) is 2. The van der Waals surface area contributed by atoms with Gasteiger partial charge in [-0.3, -0.25) is 0 Å². The summed E-state index contributed by atoms with van der Waals surface area (Å²) in [6.45, 7) is -0.850. The van der Waals surface area contributed by atoms with Crippen LogP contribution in [-0.2, 0) is 0 Å². The van der Waals surface area contributed by atoms with Gasteiger partial charge >= 0.3 is 6.61 Å². The molecule has 0 radical (unpaired) electrons. The molecule has 5 nitrogen and oxygen atoms in total. The molecule has 142 valence electrons. The molecule has 4 rings (SSSR count). The zero-order chi connectivity index (χ0) is 19.5. The van der Waals surface area contributed by atoms with Gasteiger partial charge < -0.3 is 15.0 Å². The first-order valence-electron chi connectivity index (χ1n) is 8.81. The van der Waals surface area contributed by atoms with E-state index in [0.717, 1.165) is 10.9 Å². The second-order valence-electron chi connectivity index (χ2n) is 6.32. The van der Waals surface area contributed by atoms with E-state index in [-0.39, 0.29) is 11.8 Å². The minimum absolute atomic E-state index is 0.0344. The van der Waals surface area contributed by atoms with Gasteiger partial charge in [-0.15, -0.1) is 0 Å². The van der Waals surface area contributed by atoms with Gasteiger partial charge in [-0.1, -0.05) is 42.5 Å². The topological polar surface area (TPSA) is 62.8 Å². The first-order valence-corrected chi connectivity index (χ1v) is 8.81. The van der Waals surface area contributed by atoms with Gasteiger partial charge in [0.2, 0.25) is 0 Å². The molecule has 0 saturated carbocycles. The average molecular weight is 380 g/mol. The fourth-order valence-electron chi connectivity index (χ4n) is 3.12. The van der Waals surface area contributed by atoms with E-state index in [1.54, 1.807) is 18.2 Å². The van der Waals surface area contributed by atoms with Crippen LogP contribution in [-0.4, -0.2) is 21.6 Å². The summed E-state index contributed by atoms with van der Waals surface area (Å²) in [5, 5.41) is 4.16. The van der Waals surface area contributed by atoms with Gasteiger partial charge in [0, 0.05) is 11.6 Å². The SMILES string of the molecule is C[C@@H](Nc1ncnc2[nH]c(-c3ccccc3OC(F)F)cc12)c1ccccc1. The van der Waals surface area contributed by atoms with E-state index in [2.05, 4.69) is 25.0 Å². The van der Waals surface area contributed by atoms with Crippen molar-refractivity contribution in [3.63, 3.8) is 0 Å². The van der Waals surface area contributed by atoms with Crippen molar-refractivity contribution in [2.45, 2.75) is 19.6 Å². The quantitative estimate of drug-likeness (QED) is 0.470. The lowest BCUT2D eigenvalue weighted by molar-refractivity contribution is -0.0494. The summed E-state index contributed by atoms with van der Waals surface area (Å²) < 4.78 is 30.1. The number of H-pyrrole nitrogens is 1. The number of nitrogens with zero attached hydrogens (tertiary/aromatic N) is 2. The highest BCUT2D eigenvalue weighted by Crippen LogP contribution is 2.34. The maximum atomic E-state index is 12.7. The smallest absolute Gasteiger partial charge is 0.387 e. The van der Waals surface area contributed by atoms with Gasteiger partial charge in [-0.05, 0) is 30.7 Å². The van der Waals surface area contributed by atoms with Crippen LogP contribution in [0.15, 0.2) is 67.0 Å². The first-order chi connectivity index (χ1) is 13.6. The van der Waals surface area contributed by atoms with Crippen molar-refractivity contribution in [3.05, 3.63) is 72.6 Å². The number of rotatable bonds is 6. The number of aromatic amines is 1. The Hall–Kier alpha value is -3.48. The number of halogens is 2. The van der Waals surface area contributed by atoms with Crippen molar-refractivity contribution in [2.24, 2.45) is 0 Å². The highest BCUT2D eigenvalue weighted by molar-refractivity contribution is 5.92. The summed E-state index contributed by atoms with van der Waals surface area (Å²) in [6, 6.07) is 18.5. The van der Waals surface area contributed by atoms with Crippen LogP contribution < -0.4 is 10.1 Å². The minimum Gasteiger partial charge on any atom is -0.434 e. The van der Waals surface area contributed by atoms with Crippen molar-refractivity contribution in [3.8, 4) is 17.0 Å². The van der Waals surface area contributed by atoms with Crippen LogP contribution in [0.4, 0.5) is 14.6 Å². The third kappa shape index (κ3) is 3.64. The van der Waals surface area contributed by atoms with E-state index in [4.69, 9.17) is 0 Å². The number of anilines is 1. The zero-order valence-electron chi connectivity index (χ0n) is 15.1. The van der Waals surface area contributed by atoms with Gasteiger partial charge in [-0.25, -0.2) is 9.97 Å². The van der Waals surface area contributed by atoms with E-state index in [1.807, 2.05) is 43.3 Å². The van der Waals surface area contributed by atoms with E-state index in [0.29, 0.717) is 22.7 Å². The van der Waals surface area contributed by atoms with Gasteiger partial charge in [0.05, 0.1) is 11.1 Å². The summed E-state index contributed by atoms with van der Waals surface area (Å²) in [5.74, 6) is 0.764. The number of hydrogen-bond acceptors (Lipinski definition) is 4. The van der Waals surface area contributed by atoms with Gasteiger partial charge in [0.1, 0.15) is 23.5 Å². The number of fused-ring (bicyclic) bond motifs is 1. The first kappa shape index (κ1) is 17.9. The Kier molecular flexibility index (Phi) is 4.89. The Morgan fingerprint density at radius 2 is 1.75 bits per heavy atom. The molecule has 7 heteroatoms. The molecule has 4 aromatic rings. The molecule has 2 aromatic heterocycles. The predicted octanol–water partition coefficient (Wildman–Crippen LogP) is 5.40. The highest BCUT2D eigenvalue weighted by atomic mass is 19.3. The molecular weight excluding hydrogens is 362 g/mol. The lowest BCUT2D eigenvalue weighted by Crippen LogP contribution is -2.08. The maximum Gasteiger partial charge on any atom is 0.387 e. The molecule has 0 aliphatic rings. The van der Waals surface area contributed by atoms with Crippen LogP contribution in [0.3, 0.4) is 0 Å². The van der Waals surface area contributed by atoms with Crippen LogP contribution in [0, 0.1) is 0 Å². The average Bonchev–Trinajstić information content (AvgIpc) is 3.14. The van der Waals surface area contributed by atoms with Crippen LogP contribution in [0.1, 0.15) is 18.5 Å². The molecule has 2 N–H and O–H groups in total. The Labute approximate surface area is 160 Å². The highest BCUT2D eigenvalue weighted by Gasteiger charge is 2.16. The minimum atomic E-state index is -2.89. The number of benzene rings is 2. The summed E-state index contributed by atoms with van der Waals surface area (Å²) in [5.41, 5.74) is 2.89. The van der Waals surface area contributed by atoms with Crippen molar-refractivity contribution in [2.75, 3.05) is 5.32 Å². The Morgan fingerprint density at radius 1 is 1.00 bits per heavy atom. The molecule has 0 fully saturated rings. The van der Waals surface area contributed by atoms with Crippen LogP contribution >= 0.6 is 0 Å². The Balaban J connectivity index is 1.70. The van der Waals surface area contributed by atoms with Crippen LogP contribution in [0.2, 0.25) is 0 Å². The fourth-order valence-corrected chi connectivity index (χ4v) is 3.12. The summed E-state index contributed by atoms with van der Waals surface area (Å²) >= 11 is 0. The molecular formula is C21H18F2N4O. The third-order valence-electron chi connectivity index (χ3n) is 4.47. The van der Waals surface area contributed by atoms with Gasteiger partial charge in [0.25, 0.3) is 0 Å². The van der Waals surface area contributed by atoms with Gasteiger partial charge in [0.15, 0.2) is 0 Å². The Bertz CT molecular complexity index is 1080. The molecule has 0 saturated heterocycles. The summed E-state index contributed by atoms with van der Waals surface area (Å²) in [6.07, 6.45) is 1.46. The van der Waals surface area contributed by atoms with Crippen LogP contribution in [0.25, 0.3) is 22.3 Å². The molecule has 0 spiro atoms. The Morgan fingerprint density at radius 3 is 2.54 bits per heavy atom. The number of ether oxygens (including phenoxy) is 1. The van der Waals surface area contributed by atoms with Crippen molar-refractivity contribution < 1.29 is 13.5 Å². The lowest BCUT2D eigenvalue weighted by atomic mass is 10.1. The maximum absolute atomic E-state index is 12.7. The second-order valence-corrected chi connectivity index (χ2v) is 6.32. The third-order valence-corrected chi connectivity index (χ3v) is 4.47. The number of alkyl halides is 2. The van der Waals surface area contributed by atoms with Crippen molar-refractivity contribution in [1.82, 2.24) is 15.0 Å². The molecule has 0 bridgehead atoms. The predicted molar refractivity (Wildman–Crippen MR) is 104 cm³/mol. The molecule has 2 aromatic carbocycles. The van der Waals surface area contributed by atoms with Gasteiger partial charge in [-0.2, -0.15) is 8.78 Å². The second kappa shape index (κ2) is 7.64. The number of para-hydroxylation sites is 1. The summed E-state index contributed by atoms with van der Waals surface area (Å²) in [4.78, 5) is 11.8. The fraction of sp³-hybridized carbons (Fsp3) is 0.143. The molecule has 28 heavy (non-hydrogen) atoms. The normalized spacial score (nSPS) is 12.3. The van der Waals surface area contributed by atoms with E-state index >= 15 is 0 Å².